The Bertz CT molecular complexity index is 1460. The molecule has 0 spiro atoms. The summed E-state index contributed by atoms with van der Waals surface area (Å²) >= 11 is 6.33. The number of ether oxygens (including phenoxy) is 5. The highest BCUT2D eigenvalue weighted by Gasteiger charge is 2.27. The third-order valence-corrected chi connectivity index (χ3v) is 7.37. The Morgan fingerprint density at radius 3 is 1.93 bits per heavy atom. The van der Waals surface area contributed by atoms with Crippen molar-refractivity contribution in [3.05, 3.63) is 82.4 Å². The molecule has 10 heteroatoms. The zero-order valence-electron chi connectivity index (χ0n) is 25.1. The smallest absolute Gasteiger partial charge is 0.254 e. The van der Waals surface area contributed by atoms with Gasteiger partial charge in [0.2, 0.25) is 11.7 Å². The topological polar surface area (TPSA) is 86.8 Å². The third-order valence-electron chi connectivity index (χ3n) is 7.13. The minimum atomic E-state index is -0.181. The van der Waals surface area contributed by atoms with Gasteiger partial charge < -0.3 is 33.5 Å². The van der Waals surface area contributed by atoms with Gasteiger partial charge in [0.25, 0.3) is 5.91 Å². The average Bonchev–Trinajstić information content (AvgIpc) is 3.04. The van der Waals surface area contributed by atoms with Crippen molar-refractivity contribution in [3.63, 3.8) is 0 Å². The molecule has 0 aromatic heterocycles. The number of halogens is 1. The summed E-state index contributed by atoms with van der Waals surface area (Å²) in [5.74, 6) is 2.08. The minimum absolute atomic E-state index is 0.167. The van der Waals surface area contributed by atoms with Crippen LogP contribution in [-0.2, 0) is 4.79 Å². The van der Waals surface area contributed by atoms with Crippen LogP contribution in [0.4, 0.5) is 0 Å². The second-order valence-corrected chi connectivity index (χ2v) is 10.3. The molecule has 9 nitrogen and oxygen atoms in total. The van der Waals surface area contributed by atoms with Gasteiger partial charge in [-0.25, -0.2) is 0 Å². The Hall–Kier alpha value is -4.37. The summed E-state index contributed by atoms with van der Waals surface area (Å²) in [4.78, 5) is 30.4. The maximum absolute atomic E-state index is 13.6. The van der Waals surface area contributed by atoms with E-state index in [1.165, 1.54) is 21.3 Å². The fourth-order valence-corrected chi connectivity index (χ4v) is 5.08. The third kappa shape index (κ3) is 7.35. The molecule has 3 aromatic carbocycles. The van der Waals surface area contributed by atoms with Crippen LogP contribution in [0.25, 0.3) is 5.57 Å². The van der Waals surface area contributed by atoms with Crippen LogP contribution < -0.4 is 23.7 Å². The number of hydrogen-bond acceptors (Lipinski definition) is 7. The van der Waals surface area contributed by atoms with E-state index in [1.54, 1.807) is 41.2 Å². The highest BCUT2D eigenvalue weighted by molar-refractivity contribution is 6.30. The Labute approximate surface area is 257 Å². The fourth-order valence-electron chi connectivity index (χ4n) is 4.89. The molecule has 1 aliphatic heterocycles. The summed E-state index contributed by atoms with van der Waals surface area (Å²) in [6.07, 6.45) is 2.48. The lowest BCUT2D eigenvalue weighted by Gasteiger charge is -2.34. The van der Waals surface area contributed by atoms with Crippen LogP contribution in [0.1, 0.15) is 34.8 Å². The van der Waals surface area contributed by atoms with Gasteiger partial charge in [0.1, 0.15) is 0 Å². The SMILES string of the molecule is CCCOc1ccc(/C(=C\C(=O)N2CCN(C(=O)c3cc(OC)c(OC)c(OC)c3)CC2)c2cccc(Cl)c2)cc1OC. The van der Waals surface area contributed by atoms with Crippen molar-refractivity contribution in [2.24, 2.45) is 0 Å². The number of carbonyl (C=O) groups excluding carboxylic acids is 2. The van der Waals surface area contributed by atoms with Gasteiger partial charge >= 0.3 is 0 Å². The molecule has 0 saturated carbocycles. The Kier molecular flexibility index (Phi) is 10.8. The van der Waals surface area contributed by atoms with Gasteiger partial charge in [-0.3, -0.25) is 9.59 Å². The van der Waals surface area contributed by atoms with Gasteiger partial charge in [-0.05, 0) is 59.5 Å². The van der Waals surface area contributed by atoms with Crippen LogP contribution in [0.15, 0.2) is 60.7 Å². The molecule has 0 unspecified atom stereocenters. The lowest BCUT2D eigenvalue weighted by molar-refractivity contribution is -0.127. The summed E-state index contributed by atoms with van der Waals surface area (Å²) in [5.41, 5.74) is 2.69. The Balaban J connectivity index is 1.55. The number of nitrogens with zero attached hydrogens (tertiary/aromatic N) is 2. The monoisotopic (exact) mass is 608 g/mol. The molecule has 1 fully saturated rings. The average molecular weight is 609 g/mol. The number of amides is 2. The highest BCUT2D eigenvalue weighted by Crippen LogP contribution is 2.39. The molecule has 0 radical (unpaired) electrons. The predicted molar refractivity (Wildman–Crippen MR) is 166 cm³/mol. The molecular formula is C33H37ClN2O7. The summed E-state index contributed by atoms with van der Waals surface area (Å²) in [7, 11) is 6.11. The van der Waals surface area contributed by atoms with Crippen molar-refractivity contribution in [2.45, 2.75) is 13.3 Å². The highest BCUT2D eigenvalue weighted by atomic mass is 35.5. The number of methoxy groups -OCH3 is 4. The number of carbonyl (C=O) groups is 2. The van der Waals surface area contributed by atoms with Crippen molar-refractivity contribution < 1.29 is 33.3 Å². The number of piperazine rings is 1. The lowest BCUT2D eigenvalue weighted by Crippen LogP contribution is -2.50. The molecule has 3 aromatic rings. The maximum atomic E-state index is 13.6. The van der Waals surface area contributed by atoms with E-state index < -0.39 is 0 Å². The van der Waals surface area contributed by atoms with Gasteiger partial charge in [-0.1, -0.05) is 36.7 Å². The van der Waals surface area contributed by atoms with Crippen LogP contribution >= 0.6 is 11.6 Å². The van der Waals surface area contributed by atoms with E-state index in [0.717, 1.165) is 17.5 Å². The summed E-state index contributed by atoms with van der Waals surface area (Å²) in [5, 5.41) is 0.560. The van der Waals surface area contributed by atoms with E-state index in [-0.39, 0.29) is 11.8 Å². The first-order valence-electron chi connectivity index (χ1n) is 14.0. The Morgan fingerprint density at radius 2 is 1.35 bits per heavy atom. The Morgan fingerprint density at radius 1 is 0.744 bits per heavy atom. The normalized spacial score (nSPS) is 13.4. The van der Waals surface area contributed by atoms with Crippen LogP contribution in [0.5, 0.6) is 28.7 Å². The van der Waals surface area contributed by atoms with Gasteiger partial charge in [0, 0.05) is 42.8 Å². The molecule has 1 heterocycles. The quantitative estimate of drug-likeness (QED) is 0.263. The van der Waals surface area contributed by atoms with E-state index in [2.05, 4.69) is 0 Å². The van der Waals surface area contributed by atoms with E-state index in [9.17, 15) is 9.59 Å². The molecule has 1 saturated heterocycles. The van der Waals surface area contributed by atoms with Crippen molar-refractivity contribution in [3.8, 4) is 28.7 Å². The molecule has 0 aliphatic carbocycles. The molecule has 2 amide bonds. The maximum Gasteiger partial charge on any atom is 0.254 e. The largest absolute Gasteiger partial charge is 0.493 e. The van der Waals surface area contributed by atoms with Crippen LogP contribution in [-0.4, -0.2) is 82.8 Å². The van der Waals surface area contributed by atoms with Crippen LogP contribution in [0.3, 0.4) is 0 Å². The van der Waals surface area contributed by atoms with E-state index in [0.29, 0.717) is 77.7 Å². The van der Waals surface area contributed by atoms with Crippen molar-refractivity contribution in [1.29, 1.82) is 0 Å². The molecular weight excluding hydrogens is 572 g/mol. The van der Waals surface area contributed by atoms with Gasteiger partial charge in [-0.15, -0.1) is 0 Å². The van der Waals surface area contributed by atoms with E-state index in [1.807, 2.05) is 43.3 Å². The first-order valence-corrected chi connectivity index (χ1v) is 14.4. The van der Waals surface area contributed by atoms with Crippen molar-refractivity contribution in [1.82, 2.24) is 9.80 Å². The fraction of sp³-hybridized carbons (Fsp3) is 0.333. The molecule has 43 heavy (non-hydrogen) atoms. The van der Waals surface area contributed by atoms with Gasteiger partial charge in [-0.2, -0.15) is 0 Å². The number of rotatable bonds is 11. The van der Waals surface area contributed by atoms with Crippen molar-refractivity contribution in [2.75, 3.05) is 61.2 Å². The number of benzene rings is 3. The number of hydrogen-bond donors (Lipinski definition) is 0. The first-order chi connectivity index (χ1) is 20.8. The van der Waals surface area contributed by atoms with Gasteiger partial charge in [0.15, 0.2) is 23.0 Å². The summed E-state index contributed by atoms with van der Waals surface area (Å²) in [6, 6.07) is 16.2. The zero-order chi connectivity index (χ0) is 30.9. The van der Waals surface area contributed by atoms with Crippen LogP contribution in [0, 0.1) is 0 Å². The van der Waals surface area contributed by atoms with Crippen molar-refractivity contribution >= 4 is 29.0 Å². The summed E-state index contributed by atoms with van der Waals surface area (Å²) in [6.45, 7) is 4.11. The molecule has 0 atom stereocenters. The standard InChI is InChI=1S/C33H37ClN2O7/c1-6-16-43-27-11-10-23(18-28(27)39-2)26(22-8-7-9-25(34)17-22)21-31(37)35-12-14-36(15-13-35)33(38)24-19-29(40-3)32(42-5)30(20-24)41-4/h7-11,17-21H,6,12-16H2,1-5H3/b26-21-. The van der Waals surface area contributed by atoms with Crippen LogP contribution in [0.2, 0.25) is 5.02 Å². The first kappa shape index (κ1) is 31.6. The second-order valence-electron chi connectivity index (χ2n) is 9.81. The van der Waals surface area contributed by atoms with Gasteiger partial charge in [0.05, 0.1) is 35.0 Å². The predicted octanol–water partition coefficient (Wildman–Crippen LogP) is 5.58. The molecule has 0 bridgehead atoms. The van der Waals surface area contributed by atoms with E-state index in [4.69, 9.17) is 35.3 Å². The molecule has 228 valence electrons. The second kappa shape index (κ2) is 14.7. The molecule has 1 aliphatic rings. The zero-order valence-corrected chi connectivity index (χ0v) is 25.9. The van der Waals surface area contributed by atoms with E-state index >= 15 is 0 Å². The lowest BCUT2D eigenvalue weighted by atomic mass is 9.96. The minimum Gasteiger partial charge on any atom is -0.493 e. The molecule has 4 rings (SSSR count). The summed E-state index contributed by atoms with van der Waals surface area (Å²) < 4.78 is 27.6. The molecule has 0 N–H and O–H groups in total.